The van der Waals surface area contributed by atoms with Crippen molar-refractivity contribution in [2.45, 2.75) is 32.0 Å². The van der Waals surface area contributed by atoms with Crippen molar-refractivity contribution < 1.29 is 22.4 Å². The van der Waals surface area contributed by atoms with Gasteiger partial charge in [-0.1, -0.05) is 48.0 Å². The van der Waals surface area contributed by atoms with Gasteiger partial charge in [-0.2, -0.15) is 13.2 Å². The van der Waals surface area contributed by atoms with Gasteiger partial charge in [0.25, 0.3) is 5.91 Å². The van der Waals surface area contributed by atoms with E-state index in [-0.39, 0.29) is 23.1 Å². The highest BCUT2D eigenvalue weighted by Crippen LogP contribution is 2.32. The molecule has 1 aliphatic rings. The van der Waals surface area contributed by atoms with Gasteiger partial charge in [-0.3, -0.25) is 4.79 Å². The summed E-state index contributed by atoms with van der Waals surface area (Å²) in [5.74, 6) is -1.31. The lowest BCUT2D eigenvalue weighted by molar-refractivity contribution is -0.110. The number of nitrogens with one attached hydrogen (secondary N) is 2. The molecule has 3 aromatic carbocycles. The highest BCUT2D eigenvalue weighted by atomic mass is 19.4. The summed E-state index contributed by atoms with van der Waals surface area (Å²) in [5, 5.41) is 5.87. The average molecular weight is 550 g/mol. The third kappa shape index (κ3) is 7.55. The van der Waals surface area contributed by atoms with Gasteiger partial charge in [-0.15, -0.1) is 0 Å². The normalized spacial score (nSPS) is 14.9. The van der Waals surface area contributed by atoms with Gasteiger partial charge in [0.05, 0.1) is 24.0 Å². The minimum Gasteiger partial charge on any atom is -0.395 e. The lowest BCUT2D eigenvalue weighted by Gasteiger charge is -2.21. The number of amides is 1. The summed E-state index contributed by atoms with van der Waals surface area (Å²) in [6.45, 7) is 9.86. The van der Waals surface area contributed by atoms with Crippen molar-refractivity contribution in [2.75, 3.05) is 11.9 Å². The van der Waals surface area contributed by atoms with E-state index >= 15 is 0 Å². The molecular formula is C30H27F4N5O. The van der Waals surface area contributed by atoms with Gasteiger partial charge >= 0.3 is 6.18 Å². The highest BCUT2D eigenvalue weighted by molar-refractivity contribution is 6.47. The monoisotopic (exact) mass is 549 g/mol. The van der Waals surface area contributed by atoms with Crippen LogP contribution in [0.25, 0.3) is 4.85 Å². The number of nitrogens with zero attached hydrogens (tertiary/aromatic N) is 2. The van der Waals surface area contributed by atoms with E-state index < -0.39 is 29.3 Å². The quantitative estimate of drug-likeness (QED) is 0.154. The number of carbonyl (C=O) groups is 1. The molecule has 0 aromatic heterocycles. The first-order chi connectivity index (χ1) is 19.0. The first-order valence-corrected chi connectivity index (χ1v) is 12.5. The zero-order valence-electron chi connectivity index (χ0n) is 21.6. The molecule has 40 heavy (non-hydrogen) atoms. The van der Waals surface area contributed by atoms with E-state index in [2.05, 4.69) is 20.5 Å². The average Bonchev–Trinajstić information content (AvgIpc) is 3.74. The van der Waals surface area contributed by atoms with Crippen molar-refractivity contribution in [1.82, 2.24) is 5.32 Å². The van der Waals surface area contributed by atoms with Crippen LogP contribution in [0.4, 0.5) is 34.6 Å². The number of aryl methyl sites for hydroxylation is 1. The Morgan fingerprint density at radius 2 is 1.85 bits per heavy atom. The molecule has 0 aliphatic heterocycles. The molecule has 3 aromatic rings. The summed E-state index contributed by atoms with van der Waals surface area (Å²) >= 11 is 0. The molecule has 206 valence electrons. The van der Waals surface area contributed by atoms with Crippen LogP contribution in [-0.2, 0) is 4.79 Å². The van der Waals surface area contributed by atoms with Crippen LogP contribution in [-0.4, -0.2) is 24.3 Å². The predicted octanol–water partition coefficient (Wildman–Crippen LogP) is 6.89. The van der Waals surface area contributed by atoms with Crippen LogP contribution in [0.15, 0.2) is 83.5 Å². The fraction of sp³-hybridized carbons (Fsp3) is 0.233. The van der Waals surface area contributed by atoms with Crippen molar-refractivity contribution in [3.05, 3.63) is 112 Å². The number of halogens is 4. The second kappa shape index (κ2) is 12.1. The van der Waals surface area contributed by atoms with Gasteiger partial charge in [0, 0.05) is 0 Å². The van der Waals surface area contributed by atoms with E-state index in [1.54, 1.807) is 6.07 Å². The molecule has 1 aliphatic carbocycles. The largest absolute Gasteiger partial charge is 0.430 e. The third-order valence-corrected chi connectivity index (χ3v) is 6.32. The molecule has 6 nitrogen and oxygen atoms in total. The highest BCUT2D eigenvalue weighted by Gasteiger charge is 2.32. The number of alkyl halides is 3. The van der Waals surface area contributed by atoms with Gasteiger partial charge in [0.15, 0.2) is 5.69 Å². The number of benzene rings is 3. The Morgan fingerprint density at radius 1 is 1.12 bits per heavy atom. The van der Waals surface area contributed by atoms with Crippen molar-refractivity contribution in [1.29, 1.82) is 0 Å². The van der Waals surface area contributed by atoms with Crippen molar-refractivity contribution >= 4 is 28.7 Å². The molecular weight excluding hydrogens is 522 g/mol. The smallest absolute Gasteiger partial charge is 0.395 e. The number of carbonyl (C=O) groups excluding carboxylic acids is 1. The summed E-state index contributed by atoms with van der Waals surface area (Å²) in [6.07, 6.45) is -2.27. The van der Waals surface area contributed by atoms with Crippen LogP contribution >= 0.6 is 0 Å². The third-order valence-electron chi connectivity index (χ3n) is 6.32. The fourth-order valence-corrected chi connectivity index (χ4v) is 4.04. The van der Waals surface area contributed by atoms with Gasteiger partial charge in [0.2, 0.25) is 0 Å². The van der Waals surface area contributed by atoms with Crippen molar-refractivity contribution in [2.24, 2.45) is 16.6 Å². The number of nitrogens with two attached hydrogens (primary N) is 1. The van der Waals surface area contributed by atoms with Crippen LogP contribution in [0.3, 0.4) is 0 Å². The van der Waals surface area contributed by atoms with E-state index in [4.69, 9.17) is 12.3 Å². The van der Waals surface area contributed by atoms with Crippen LogP contribution in [0.2, 0.25) is 0 Å². The second-order valence-electron chi connectivity index (χ2n) is 9.62. The summed E-state index contributed by atoms with van der Waals surface area (Å²) < 4.78 is 54.5. The molecule has 0 bridgehead atoms. The summed E-state index contributed by atoms with van der Waals surface area (Å²) in [6, 6.07) is 17.5. The first kappa shape index (κ1) is 28.5. The molecule has 1 saturated carbocycles. The zero-order chi connectivity index (χ0) is 28.9. The Bertz CT molecular complexity index is 1500. The number of allylic oxidation sites excluding steroid dienone is 1. The lowest BCUT2D eigenvalue weighted by atomic mass is 9.96. The molecule has 1 fully saturated rings. The zero-order valence-corrected chi connectivity index (χ0v) is 21.6. The second-order valence-corrected chi connectivity index (χ2v) is 9.62. The maximum atomic E-state index is 14.9. The van der Waals surface area contributed by atoms with Gasteiger partial charge in [-0.25, -0.2) is 14.2 Å². The molecule has 1 amide bonds. The maximum Gasteiger partial charge on any atom is 0.430 e. The Kier molecular flexibility index (Phi) is 8.65. The SMILES string of the molecule is [C-]#[N+]c1cccc(N=C(/C=C(\N)C(F)(F)F)C(=O)Nc2cc(C(NCC3CC3)c3cccc(C)c3)ccc2F)c1. The molecule has 1 unspecified atom stereocenters. The summed E-state index contributed by atoms with van der Waals surface area (Å²) in [7, 11) is 0. The lowest BCUT2D eigenvalue weighted by Crippen LogP contribution is -2.27. The molecule has 10 heteroatoms. The number of aliphatic imine (C=N–C) groups is 1. The van der Waals surface area contributed by atoms with Gasteiger partial charge in [-0.05, 0) is 73.7 Å². The first-order valence-electron chi connectivity index (χ1n) is 12.5. The van der Waals surface area contributed by atoms with E-state index in [1.165, 1.54) is 36.4 Å². The predicted molar refractivity (Wildman–Crippen MR) is 147 cm³/mol. The topological polar surface area (TPSA) is 83.9 Å². The number of hydrogen-bond donors (Lipinski definition) is 3. The molecule has 0 heterocycles. The van der Waals surface area contributed by atoms with Crippen molar-refractivity contribution in [3.8, 4) is 0 Å². The van der Waals surface area contributed by atoms with Crippen LogP contribution in [0.1, 0.15) is 35.6 Å². The molecule has 0 spiro atoms. The molecule has 0 radical (unpaired) electrons. The Labute approximate surface area is 229 Å². The van der Waals surface area contributed by atoms with E-state index in [1.807, 2.05) is 31.2 Å². The van der Waals surface area contributed by atoms with E-state index in [0.717, 1.165) is 30.5 Å². The van der Waals surface area contributed by atoms with Gasteiger partial charge in [0.1, 0.15) is 17.2 Å². The van der Waals surface area contributed by atoms with E-state index in [9.17, 15) is 22.4 Å². The molecule has 0 saturated heterocycles. The Morgan fingerprint density at radius 3 is 2.52 bits per heavy atom. The molecule has 4 rings (SSSR count). The summed E-state index contributed by atoms with van der Waals surface area (Å²) in [5.41, 5.74) is 5.58. The molecule has 1 atom stereocenters. The maximum absolute atomic E-state index is 14.9. The number of anilines is 1. The standard InChI is InChI=1S/C30H27F4N5O/c1-18-5-3-6-20(13-18)28(37-17-19-9-10-19)21-11-12-24(31)25(14-21)39-29(40)26(16-27(35)30(32,33)34)38-23-8-4-7-22(15-23)36-2/h3-8,11-16,19,28,37H,9-10,17,35H2,1H3,(H,39,40)/b27-16-,38-26?. The number of hydrogen-bond acceptors (Lipinski definition) is 4. The number of rotatable bonds is 9. The Hall–Kier alpha value is -4.49. The van der Waals surface area contributed by atoms with Crippen LogP contribution in [0, 0.1) is 25.2 Å². The Balaban J connectivity index is 1.68. The fourth-order valence-electron chi connectivity index (χ4n) is 4.04. The van der Waals surface area contributed by atoms with Crippen LogP contribution < -0.4 is 16.4 Å². The minimum absolute atomic E-state index is 0.0582. The van der Waals surface area contributed by atoms with Crippen molar-refractivity contribution in [3.63, 3.8) is 0 Å². The van der Waals surface area contributed by atoms with E-state index in [0.29, 0.717) is 17.6 Å². The summed E-state index contributed by atoms with van der Waals surface area (Å²) in [4.78, 5) is 20.4. The van der Waals surface area contributed by atoms with Gasteiger partial charge < -0.3 is 16.4 Å². The minimum atomic E-state index is -4.92. The molecule has 4 N–H and O–H groups in total. The van der Waals surface area contributed by atoms with Crippen LogP contribution in [0.5, 0.6) is 0 Å².